The number of amides is 3. The molecule has 0 unspecified atom stereocenters. The standard InChI is InChI=1S/C15H21N3O3/c1-15(2,3)17-13(19)16-9-12-10-18(14(20)21-12)11-7-5-4-6-8-11/h4-8,12H,9-10H2,1-3H3,(H2,16,17,19)/t12-/m0/s1. The maximum absolute atomic E-state index is 11.8. The molecule has 1 atom stereocenters. The Morgan fingerprint density at radius 1 is 1.33 bits per heavy atom. The summed E-state index contributed by atoms with van der Waals surface area (Å²) in [5.41, 5.74) is 0.496. The van der Waals surface area contributed by atoms with Gasteiger partial charge in [-0.15, -0.1) is 0 Å². The normalized spacial score (nSPS) is 18.3. The van der Waals surface area contributed by atoms with Crippen LogP contribution in [0.3, 0.4) is 0 Å². The largest absolute Gasteiger partial charge is 0.442 e. The molecule has 0 saturated carbocycles. The maximum atomic E-state index is 11.8. The molecule has 1 heterocycles. The van der Waals surface area contributed by atoms with Crippen molar-refractivity contribution in [3.8, 4) is 0 Å². The zero-order valence-corrected chi connectivity index (χ0v) is 12.6. The van der Waals surface area contributed by atoms with E-state index in [-0.39, 0.29) is 30.3 Å². The number of nitrogens with one attached hydrogen (secondary N) is 2. The highest BCUT2D eigenvalue weighted by molar-refractivity contribution is 5.89. The molecular formula is C15H21N3O3. The van der Waals surface area contributed by atoms with E-state index in [1.807, 2.05) is 51.1 Å². The summed E-state index contributed by atoms with van der Waals surface area (Å²) in [5, 5.41) is 5.51. The van der Waals surface area contributed by atoms with E-state index in [1.54, 1.807) is 4.90 Å². The first-order chi connectivity index (χ1) is 9.85. The molecule has 3 amide bonds. The summed E-state index contributed by atoms with van der Waals surface area (Å²) in [6.07, 6.45) is -0.729. The molecule has 0 radical (unpaired) electrons. The molecule has 21 heavy (non-hydrogen) atoms. The summed E-state index contributed by atoms with van der Waals surface area (Å²) < 4.78 is 5.25. The molecule has 0 spiro atoms. The Morgan fingerprint density at radius 3 is 2.62 bits per heavy atom. The smallest absolute Gasteiger partial charge is 0.414 e. The molecule has 1 fully saturated rings. The molecule has 2 rings (SSSR count). The van der Waals surface area contributed by atoms with Gasteiger partial charge in [0.1, 0.15) is 6.10 Å². The second-order valence-corrected chi connectivity index (χ2v) is 6.04. The van der Waals surface area contributed by atoms with E-state index in [1.165, 1.54) is 0 Å². The Hall–Kier alpha value is -2.24. The van der Waals surface area contributed by atoms with Crippen molar-refractivity contribution in [1.82, 2.24) is 10.6 Å². The van der Waals surface area contributed by atoms with Crippen molar-refractivity contribution in [2.75, 3.05) is 18.0 Å². The van der Waals surface area contributed by atoms with Crippen molar-refractivity contribution >= 4 is 17.8 Å². The number of para-hydroxylation sites is 1. The van der Waals surface area contributed by atoms with Gasteiger partial charge in [-0.3, -0.25) is 4.90 Å². The highest BCUT2D eigenvalue weighted by atomic mass is 16.6. The minimum Gasteiger partial charge on any atom is -0.442 e. The van der Waals surface area contributed by atoms with Crippen LogP contribution in [0.15, 0.2) is 30.3 Å². The Morgan fingerprint density at radius 2 is 2.00 bits per heavy atom. The van der Waals surface area contributed by atoms with Gasteiger partial charge in [-0.2, -0.15) is 0 Å². The van der Waals surface area contributed by atoms with E-state index >= 15 is 0 Å². The topological polar surface area (TPSA) is 70.7 Å². The number of rotatable bonds is 3. The van der Waals surface area contributed by atoms with Crippen LogP contribution < -0.4 is 15.5 Å². The molecule has 1 aromatic carbocycles. The van der Waals surface area contributed by atoms with E-state index < -0.39 is 0 Å². The van der Waals surface area contributed by atoms with E-state index in [9.17, 15) is 9.59 Å². The van der Waals surface area contributed by atoms with E-state index in [0.717, 1.165) is 5.69 Å². The maximum Gasteiger partial charge on any atom is 0.414 e. The highest BCUT2D eigenvalue weighted by Crippen LogP contribution is 2.20. The molecule has 0 aliphatic carbocycles. The molecule has 1 aliphatic heterocycles. The Kier molecular flexibility index (Phi) is 4.35. The van der Waals surface area contributed by atoms with Crippen LogP contribution in [0.4, 0.5) is 15.3 Å². The van der Waals surface area contributed by atoms with Crippen LogP contribution in [-0.4, -0.2) is 36.9 Å². The summed E-state index contributed by atoms with van der Waals surface area (Å²) in [5.74, 6) is 0. The van der Waals surface area contributed by atoms with Gasteiger partial charge in [-0.1, -0.05) is 18.2 Å². The molecule has 1 saturated heterocycles. The lowest BCUT2D eigenvalue weighted by atomic mass is 10.1. The predicted molar refractivity (Wildman–Crippen MR) is 80.3 cm³/mol. The van der Waals surface area contributed by atoms with Crippen molar-refractivity contribution < 1.29 is 14.3 Å². The first kappa shape index (κ1) is 15.2. The van der Waals surface area contributed by atoms with Crippen molar-refractivity contribution in [3.63, 3.8) is 0 Å². The third-order valence-electron chi connectivity index (χ3n) is 2.92. The summed E-state index contributed by atoms with van der Waals surface area (Å²) >= 11 is 0. The third-order valence-corrected chi connectivity index (χ3v) is 2.92. The van der Waals surface area contributed by atoms with Crippen LogP contribution >= 0.6 is 0 Å². The molecule has 1 aromatic rings. The molecule has 0 bridgehead atoms. The van der Waals surface area contributed by atoms with Crippen LogP contribution in [0, 0.1) is 0 Å². The zero-order chi connectivity index (χ0) is 15.5. The summed E-state index contributed by atoms with van der Waals surface area (Å²) in [6.45, 7) is 6.42. The van der Waals surface area contributed by atoms with Gasteiger partial charge in [-0.25, -0.2) is 9.59 Å². The fourth-order valence-corrected chi connectivity index (χ4v) is 2.04. The van der Waals surface area contributed by atoms with Gasteiger partial charge >= 0.3 is 12.1 Å². The number of benzene rings is 1. The number of urea groups is 1. The lowest BCUT2D eigenvalue weighted by molar-refractivity contribution is 0.140. The molecule has 1 aliphatic rings. The first-order valence-corrected chi connectivity index (χ1v) is 6.94. The molecule has 0 aromatic heterocycles. The number of nitrogens with zero attached hydrogens (tertiary/aromatic N) is 1. The molecule has 6 heteroatoms. The second kappa shape index (κ2) is 6.03. The lowest BCUT2D eigenvalue weighted by Gasteiger charge is -2.21. The van der Waals surface area contributed by atoms with Crippen LogP contribution in [0.2, 0.25) is 0 Å². The van der Waals surface area contributed by atoms with Crippen LogP contribution in [0.1, 0.15) is 20.8 Å². The highest BCUT2D eigenvalue weighted by Gasteiger charge is 2.32. The van der Waals surface area contributed by atoms with Crippen molar-refractivity contribution in [1.29, 1.82) is 0 Å². The second-order valence-electron chi connectivity index (χ2n) is 6.04. The number of hydrogen-bond donors (Lipinski definition) is 2. The van der Waals surface area contributed by atoms with Gasteiger partial charge in [0.25, 0.3) is 0 Å². The molecule has 114 valence electrons. The first-order valence-electron chi connectivity index (χ1n) is 6.94. The average Bonchev–Trinajstić information content (AvgIpc) is 2.77. The van der Waals surface area contributed by atoms with Crippen molar-refractivity contribution in [3.05, 3.63) is 30.3 Å². The minimum atomic E-state index is -0.385. The van der Waals surface area contributed by atoms with E-state index in [4.69, 9.17) is 4.74 Å². The minimum absolute atomic E-state index is 0.267. The summed E-state index contributed by atoms with van der Waals surface area (Å²) in [7, 11) is 0. The fourth-order valence-electron chi connectivity index (χ4n) is 2.04. The van der Waals surface area contributed by atoms with Gasteiger partial charge in [0, 0.05) is 11.2 Å². The fraction of sp³-hybridized carbons (Fsp3) is 0.467. The summed E-state index contributed by atoms with van der Waals surface area (Å²) in [6, 6.07) is 9.06. The average molecular weight is 291 g/mol. The summed E-state index contributed by atoms with van der Waals surface area (Å²) in [4.78, 5) is 25.1. The van der Waals surface area contributed by atoms with Crippen LogP contribution in [-0.2, 0) is 4.74 Å². The monoisotopic (exact) mass is 291 g/mol. The number of cyclic esters (lactones) is 1. The Bertz CT molecular complexity index is 511. The lowest BCUT2D eigenvalue weighted by Crippen LogP contribution is -2.48. The van der Waals surface area contributed by atoms with E-state index in [0.29, 0.717) is 6.54 Å². The van der Waals surface area contributed by atoms with Gasteiger partial charge in [-0.05, 0) is 32.9 Å². The quantitative estimate of drug-likeness (QED) is 0.896. The number of hydrogen-bond acceptors (Lipinski definition) is 3. The van der Waals surface area contributed by atoms with Crippen molar-refractivity contribution in [2.24, 2.45) is 0 Å². The SMILES string of the molecule is CC(C)(C)NC(=O)NC[C@H]1CN(c2ccccc2)C(=O)O1. The van der Waals surface area contributed by atoms with Gasteiger partial charge in [0.15, 0.2) is 0 Å². The van der Waals surface area contributed by atoms with Gasteiger partial charge in [0.05, 0.1) is 13.1 Å². The number of carbonyl (C=O) groups is 2. The number of ether oxygens (including phenoxy) is 1. The van der Waals surface area contributed by atoms with E-state index in [2.05, 4.69) is 10.6 Å². The Balaban J connectivity index is 1.85. The Labute approximate surface area is 124 Å². The number of anilines is 1. The van der Waals surface area contributed by atoms with Crippen molar-refractivity contribution in [2.45, 2.75) is 32.4 Å². The number of carbonyl (C=O) groups excluding carboxylic acids is 2. The zero-order valence-electron chi connectivity index (χ0n) is 12.6. The third kappa shape index (κ3) is 4.37. The van der Waals surface area contributed by atoms with Gasteiger partial charge in [0.2, 0.25) is 0 Å². The predicted octanol–water partition coefficient (Wildman–Crippen LogP) is 2.11. The van der Waals surface area contributed by atoms with Gasteiger partial charge < -0.3 is 15.4 Å². The van der Waals surface area contributed by atoms with Crippen LogP contribution in [0.5, 0.6) is 0 Å². The van der Waals surface area contributed by atoms with Crippen LogP contribution in [0.25, 0.3) is 0 Å². The molecule has 2 N–H and O–H groups in total. The molecule has 6 nitrogen and oxygen atoms in total. The molecular weight excluding hydrogens is 270 g/mol.